The second-order valence-electron chi connectivity index (χ2n) is 6.00. The summed E-state index contributed by atoms with van der Waals surface area (Å²) in [5.41, 5.74) is 7.40. The highest BCUT2D eigenvalue weighted by molar-refractivity contribution is 14.1. The van der Waals surface area contributed by atoms with Gasteiger partial charge in [0.05, 0.1) is 16.8 Å². The fraction of sp³-hybridized carbons (Fsp3) is 0.571. The number of anilines is 1. The van der Waals surface area contributed by atoms with Crippen LogP contribution < -0.4 is 10.6 Å². The van der Waals surface area contributed by atoms with Crippen molar-refractivity contribution in [3.8, 4) is 0 Å². The molecule has 2 aliphatic heterocycles. The number of fused-ring (bicyclic) bond motifs is 1. The third-order valence-electron chi connectivity index (χ3n) is 4.88. The molecule has 0 saturated carbocycles. The minimum atomic E-state index is 0.174. The van der Waals surface area contributed by atoms with Crippen LogP contribution in [-0.4, -0.2) is 46.7 Å². The Labute approximate surface area is 136 Å². The van der Waals surface area contributed by atoms with Gasteiger partial charge in [0.25, 0.3) is 0 Å². The fourth-order valence-electron chi connectivity index (χ4n) is 3.45. The number of imidazole rings is 1. The van der Waals surface area contributed by atoms with Crippen LogP contribution in [0.3, 0.4) is 0 Å². The molecule has 0 aliphatic carbocycles. The Balaban J connectivity index is 1.61. The molecule has 0 unspecified atom stereocenters. The molecule has 2 aliphatic rings. The molecule has 4 heterocycles. The van der Waals surface area contributed by atoms with Gasteiger partial charge < -0.3 is 15.4 Å². The topological polar surface area (TPSA) is 68.7 Å². The highest BCUT2D eigenvalue weighted by Crippen LogP contribution is 2.39. The maximum absolute atomic E-state index is 6.25. The number of nitrogens with zero attached hydrogens (tertiary/aromatic N) is 4. The summed E-state index contributed by atoms with van der Waals surface area (Å²) < 4.78 is 8.73. The summed E-state index contributed by atoms with van der Waals surface area (Å²) in [6, 6.07) is 0.178. The van der Waals surface area contributed by atoms with Crippen LogP contribution in [0.15, 0.2) is 18.6 Å². The molecule has 1 atom stereocenters. The molecule has 1 spiro atoms. The van der Waals surface area contributed by atoms with Crippen molar-refractivity contribution in [2.45, 2.75) is 18.9 Å². The second-order valence-corrected chi connectivity index (χ2v) is 7.16. The molecular weight excluding hydrogens is 381 g/mol. The van der Waals surface area contributed by atoms with Gasteiger partial charge in [0.2, 0.25) is 5.95 Å². The fourth-order valence-corrected chi connectivity index (χ4v) is 3.99. The minimum absolute atomic E-state index is 0.174. The van der Waals surface area contributed by atoms with E-state index in [1.54, 1.807) is 0 Å². The standard InChI is InChI=1S/C14H18IN5O/c15-10-7-18-13(20-6-3-17-12(10)20)19-4-1-14(2-5-19)9-21-8-11(14)16/h3,6-7,11H,1-2,4-5,8-9,16H2/t11-/m1/s1. The lowest BCUT2D eigenvalue weighted by Crippen LogP contribution is -2.49. The number of aromatic nitrogens is 3. The van der Waals surface area contributed by atoms with E-state index in [1.165, 1.54) is 0 Å². The van der Waals surface area contributed by atoms with Crippen LogP contribution in [0.5, 0.6) is 0 Å². The first-order valence-corrected chi connectivity index (χ1v) is 8.33. The Kier molecular flexibility index (Phi) is 3.31. The van der Waals surface area contributed by atoms with Gasteiger partial charge >= 0.3 is 0 Å². The Morgan fingerprint density at radius 2 is 2.14 bits per heavy atom. The van der Waals surface area contributed by atoms with E-state index in [2.05, 4.69) is 41.9 Å². The van der Waals surface area contributed by atoms with Crippen molar-refractivity contribution in [1.29, 1.82) is 0 Å². The molecular formula is C14H18IN5O. The Bertz CT molecular complexity index is 664. The molecule has 6 nitrogen and oxygen atoms in total. The van der Waals surface area contributed by atoms with Crippen molar-refractivity contribution in [2.24, 2.45) is 11.1 Å². The zero-order valence-electron chi connectivity index (χ0n) is 11.7. The number of hydrogen-bond acceptors (Lipinski definition) is 5. The first-order valence-electron chi connectivity index (χ1n) is 7.25. The number of piperidine rings is 1. The molecule has 2 aromatic heterocycles. The molecule has 0 bridgehead atoms. The highest BCUT2D eigenvalue weighted by atomic mass is 127. The number of rotatable bonds is 1. The van der Waals surface area contributed by atoms with E-state index in [1.807, 2.05) is 18.6 Å². The number of ether oxygens (including phenoxy) is 1. The summed E-state index contributed by atoms with van der Waals surface area (Å²) in [7, 11) is 0. The predicted molar refractivity (Wildman–Crippen MR) is 88.4 cm³/mol. The van der Waals surface area contributed by atoms with Gasteiger partial charge in [0.1, 0.15) is 0 Å². The van der Waals surface area contributed by atoms with Crippen molar-refractivity contribution in [2.75, 3.05) is 31.2 Å². The largest absolute Gasteiger partial charge is 0.379 e. The lowest BCUT2D eigenvalue weighted by atomic mass is 9.75. The van der Waals surface area contributed by atoms with Crippen LogP contribution in [0.2, 0.25) is 0 Å². The molecule has 0 radical (unpaired) electrons. The number of hydrogen-bond donors (Lipinski definition) is 1. The van der Waals surface area contributed by atoms with Gasteiger partial charge in [0, 0.05) is 43.1 Å². The van der Waals surface area contributed by atoms with Crippen LogP contribution >= 0.6 is 22.6 Å². The van der Waals surface area contributed by atoms with E-state index in [0.717, 1.165) is 47.7 Å². The molecule has 7 heteroatoms. The normalized spacial score (nSPS) is 25.0. The second kappa shape index (κ2) is 5.06. The van der Waals surface area contributed by atoms with Gasteiger partial charge in [-0.3, -0.25) is 4.40 Å². The van der Waals surface area contributed by atoms with Gasteiger partial charge in [-0.15, -0.1) is 0 Å². The summed E-state index contributed by atoms with van der Waals surface area (Å²) in [5, 5.41) is 0. The lowest BCUT2D eigenvalue weighted by Gasteiger charge is -2.41. The first kappa shape index (κ1) is 13.7. The molecule has 2 fully saturated rings. The van der Waals surface area contributed by atoms with Gasteiger partial charge in [-0.05, 0) is 35.4 Å². The Morgan fingerprint density at radius 1 is 1.33 bits per heavy atom. The lowest BCUT2D eigenvalue weighted by molar-refractivity contribution is 0.131. The number of nitrogens with two attached hydrogens (primary N) is 1. The van der Waals surface area contributed by atoms with Crippen LogP contribution in [-0.2, 0) is 4.74 Å². The molecule has 2 aromatic rings. The van der Waals surface area contributed by atoms with E-state index in [4.69, 9.17) is 10.5 Å². The molecule has 4 rings (SSSR count). The molecule has 2 N–H and O–H groups in total. The van der Waals surface area contributed by atoms with Crippen LogP contribution in [0.1, 0.15) is 12.8 Å². The minimum Gasteiger partial charge on any atom is -0.379 e. The molecule has 0 aromatic carbocycles. The van der Waals surface area contributed by atoms with Crippen LogP contribution in [0.25, 0.3) is 5.65 Å². The maximum atomic E-state index is 6.25. The SMILES string of the molecule is N[C@@H]1COCC12CCN(c1ncc(I)c3nccn13)CC2. The van der Waals surface area contributed by atoms with Crippen molar-refractivity contribution in [1.82, 2.24) is 14.4 Å². The van der Waals surface area contributed by atoms with E-state index in [9.17, 15) is 0 Å². The summed E-state index contributed by atoms with van der Waals surface area (Å²) >= 11 is 2.27. The van der Waals surface area contributed by atoms with E-state index < -0.39 is 0 Å². The van der Waals surface area contributed by atoms with Gasteiger partial charge in [0.15, 0.2) is 5.65 Å². The van der Waals surface area contributed by atoms with E-state index >= 15 is 0 Å². The van der Waals surface area contributed by atoms with Crippen molar-refractivity contribution < 1.29 is 4.74 Å². The van der Waals surface area contributed by atoms with Crippen molar-refractivity contribution in [3.05, 3.63) is 22.2 Å². The van der Waals surface area contributed by atoms with E-state index in [0.29, 0.717) is 6.61 Å². The third-order valence-corrected chi connectivity index (χ3v) is 5.64. The average Bonchev–Trinajstić information content (AvgIpc) is 3.10. The monoisotopic (exact) mass is 399 g/mol. The number of halogens is 1. The van der Waals surface area contributed by atoms with Crippen LogP contribution in [0.4, 0.5) is 5.95 Å². The summed E-state index contributed by atoms with van der Waals surface area (Å²) in [4.78, 5) is 11.4. The quantitative estimate of drug-likeness (QED) is 0.732. The zero-order chi connectivity index (χ0) is 14.4. The first-order chi connectivity index (χ1) is 10.2. The molecule has 112 valence electrons. The zero-order valence-corrected chi connectivity index (χ0v) is 13.9. The van der Waals surface area contributed by atoms with Crippen LogP contribution in [0, 0.1) is 8.99 Å². The summed E-state index contributed by atoms with van der Waals surface area (Å²) in [5.74, 6) is 0.977. The Morgan fingerprint density at radius 3 is 2.86 bits per heavy atom. The van der Waals surface area contributed by atoms with E-state index in [-0.39, 0.29) is 11.5 Å². The van der Waals surface area contributed by atoms with Gasteiger partial charge in [-0.1, -0.05) is 0 Å². The molecule has 21 heavy (non-hydrogen) atoms. The molecule has 2 saturated heterocycles. The summed E-state index contributed by atoms with van der Waals surface area (Å²) in [6.07, 6.45) is 7.84. The average molecular weight is 399 g/mol. The van der Waals surface area contributed by atoms with Gasteiger partial charge in [-0.25, -0.2) is 9.97 Å². The molecule has 0 amide bonds. The Hall–Kier alpha value is -0.930. The van der Waals surface area contributed by atoms with Gasteiger partial charge in [-0.2, -0.15) is 0 Å². The van der Waals surface area contributed by atoms with Crippen molar-refractivity contribution >= 4 is 34.2 Å². The predicted octanol–water partition coefficient (Wildman–Crippen LogP) is 1.28. The third kappa shape index (κ3) is 2.13. The maximum Gasteiger partial charge on any atom is 0.211 e. The smallest absolute Gasteiger partial charge is 0.211 e. The van der Waals surface area contributed by atoms with Crippen molar-refractivity contribution in [3.63, 3.8) is 0 Å². The summed E-state index contributed by atoms with van der Waals surface area (Å²) in [6.45, 7) is 3.45. The highest BCUT2D eigenvalue weighted by Gasteiger charge is 2.44.